The van der Waals surface area contributed by atoms with Gasteiger partial charge in [-0.25, -0.2) is 0 Å². The number of amides is 1. The first-order valence-electron chi connectivity index (χ1n) is 3.97. The number of nitrogens with one attached hydrogen (secondary N) is 1. The molecule has 1 aromatic rings. The summed E-state index contributed by atoms with van der Waals surface area (Å²) in [6, 6.07) is 3.74. The molecule has 0 saturated carbocycles. The lowest BCUT2D eigenvalue weighted by Gasteiger charge is -2.05. The van der Waals surface area contributed by atoms with Crippen LogP contribution >= 0.6 is 23.7 Å². The minimum absolute atomic E-state index is 0. The summed E-state index contributed by atoms with van der Waals surface area (Å²) in [6.45, 7) is 0. The number of hydrogen-bond acceptors (Lipinski definition) is 3. The Bertz CT molecular complexity index is 287. The molecule has 1 atom stereocenters. The zero-order chi connectivity index (χ0) is 9.68. The first kappa shape index (κ1) is 13.1. The number of thiophene rings is 1. The number of aldehydes is 1. The second-order valence-electron chi connectivity index (χ2n) is 2.64. The predicted octanol–water partition coefficient (Wildman–Crippen LogP) is 1.59. The molecule has 1 aromatic heterocycles. The number of carbonyl (C=O) groups excluding carboxylic acids is 2. The maximum Gasteiger partial charge on any atom is 0.220 e. The van der Waals surface area contributed by atoms with Crippen molar-refractivity contribution in [2.45, 2.75) is 12.3 Å². The SMILES string of the molecule is CNC(=O)CC(C=O)c1cccs1.Cl. The Morgan fingerprint density at radius 1 is 1.71 bits per heavy atom. The molecular formula is C9H12ClNO2S. The van der Waals surface area contributed by atoms with Crippen LogP contribution in [-0.2, 0) is 9.59 Å². The van der Waals surface area contributed by atoms with Crippen LogP contribution in [0.2, 0.25) is 0 Å². The highest BCUT2D eigenvalue weighted by Crippen LogP contribution is 2.22. The molecule has 0 aromatic carbocycles. The van der Waals surface area contributed by atoms with Crippen molar-refractivity contribution in [3.8, 4) is 0 Å². The zero-order valence-corrected chi connectivity index (χ0v) is 9.36. The fourth-order valence-electron chi connectivity index (χ4n) is 1.02. The molecule has 1 N–H and O–H groups in total. The van der Waals surface area contributed by atoms with Gasteiger partial charge in [-0.2, -0.15) is 0 Å². The van der Waals surface area contributed by atoms with Gasteiger partial charge in [0, 0.05) is 18.3 Å². The minimum Gasteiger partial charge on any atom is -0.359 e. The average Bonchev–Trinajstić information content (AvgIpc) is 2.66. The van der Waals surface area contributed by atoms with Crippen molar-refractivity contribution in [3.05, 3.63) is 22.4 Å². The van der Waals surface area contributed by atoms with E-state index in [1.807, 2.05) is 17.5 Å². The largest absolute Gasteiger partial charge is 0.359 e. The van der Waals surface area contributed by atoms with Crippen molar-refractivity contribution in [3.63, 3.8) is 0 Å². The highest BCUT2D eigenvalue weighted by molar-refractivity contribution is 7.10. The van der Waals surface area contributed by atoms with E-state index in [0.29, 0.717) is 0 Å². The maximum absolute atomic E-state index is 11.0. The topological polar surface area (TPSA) is 46.2 Å². The predicted molar refractivity (Wildman–Crippen MR) is 59.1 cm³/mol. The van der Waals surface area contributed by atoms with E-state index in [4.69, 9.17) is 0 Å². The summed E-state index contributed by atoms with van der Waals surface area (Å²) >= 11 is 1.50. The van der Waals surface area contributed by atoms with Gasteiger partial charge in [0.1, 0.15) is 6.29 Å². The van der Waals surface area contributed by atoms with Gasteiger partial charge >= 0.3 is 0 Å². The van der Waals surface area contributed by atoms with E-state index >= 15 is 0 Å². The Morgan fingerprint density at radius 2 is 2.43 bits per heavy atom. The van der Waals surface area contributed by atoms with Crippen molar-refractivity contribution in [1.29, 1.82) is 0 Å². The molecule has 3 nitrogen and oxygen atoms in total. The van der Waals surface area contributed by atoms with Crippen molar-refractivity contribution < 1.29 is 9.59 Å². The molecule has 0 spiro atoms. The molecule has 1 unspecified atom stereocenters. The summed E-state index contributed by atoms with van der Waals surface area (Å²) in [7, 11) is 1.57. The Hall–Kier alpha value is -0.870. The third kappa shape index (κ3) is 3.47. The number of hydrogen-bond donors (Lipinski definition) is 1. The second-order valence-corrected chi connectivity index (χ2v) is 3.61. The van der Waals surface area contributed by atoms with Crippen LogP contribution in [0.5, 0.6) is 0 Å². The molecule has 5 heteroatoms. The third-order valence-electron chi connectivity index (χ3n) is 1.76. The Kier molecular flexibility index (Phi) is 6.16. The van der Waals surface area contributed by atoms with Crippen LogP contribution in [0.15, 0.2) is 17.5 Å². The normalized spacial score (nSPS) is 11.2. The summed E-state index contributed by atoms with van der Waals surface area (Å²) in [6.07, 6.45) is 1.06. The fraction of sp³-hybridized carbons (Fsp3) is 0.333. The summed E-state index contributed by atoms with van der Waals surface area (Å²) in [5.41, 5.74) is 0. The first-order chi connectivity index (χ1) is 6.27. The Labute approximate surface area is 92.9 Å². The van der Waals surface area contributed by atoms with Crippen LogP contribution in [0.3, 0.4) is 0 Å². The molecule has 0 radical (unpaired) electrons. The van der Waals surface area contributed by atoms with Gasteiger partial charge in [-0.3, -0.25) is 4.79 Å². The van der Waals surface area contributed by atoms with Crippen LogP contribution in [0.25, 0.3) is 0 Å². The lowest BCUT2D eigenvalue weighted by molar-refractivity contribution is -0.122. The minimum atomic E-state index is -0.292. The highest BCUT2D eigenvalue weighted by Gasteiger charge is 2.14. The van der Waals surface area contributed by atoms with Crippen LogP contribution < -0.4 is 5.32 Å². The van der Waals surface area contributed by atoms with E-state index in [1.165, 1.54) is 11.3 Å². The van der Waals surface area contributed by atoms with E-state index in [-0.39, 0.29) is 30.7 Å². The third-order valence-corrected chi connectivity index (χ3v) is 2.76. The monoisotopic (exact) mass is 233 g/mol. The molecule has 78 valence electrons. The molecular weight excluding hydrogens is 222 g/mol. The molecule has 0 saturated heterocycles. The molecule has 0 fully saturated rings. The lowest BCUT2D eigenvalue weighted by Crippen LogP contribution is -2.20. The van der Waals surface area contributed by atoms with E-state index in [2.05, 4.69) is 5.32 Å². The van der Waals surface area contributed by atoms with Gasteiger partial charge in [-0.1, -0.05) is 6.07 Å². The highest BCUT2D eigenvalue weighted by atomic mass is 35.5. The summed E-state index contributed by atoms with van der Waals surface area (Å²) in [5.74, 6) is -0.398. The summed E-state index contributed by atoms with van der Waals surface area (Å²) in [4.78, 5) is 22.6. The van der Waals surface area contributed by atoms with Gasteiger partial charge in [0.05, 0.1) is 5.92 Å². The number of halogens is 1. The molecule has 1 rings (SSSR count). The standard InChI is InChI=1S/C9H11NO2S.ClH/c1-10-9(12)5-7(6-11)8-3-2-4-13-8;/h2-4,6-7H,5H2,1H3,(H,10,12);1H. The molecule has 0 aliphatic heterocycles. The van der Waals surface area contributed by atoms with Crippen molar-refractivity contribution >= 4 is 35.9 Å². The summed E-state index contributed by atoms with van der Waals surface area (Å²) in [5, 5.41) is 4.40. The van der Waals surface area contributed by atoms with Crippen molar-refractivity contribution in [2.24, 2.45) is 0 Å². The van der Waals surface area contributed by atoms with E-state index in [0.717, 1.165) is 11.2 Å². The molecule has 14 heavy (non-hydrogen) atoms. The van der Waals surface area contributed by atoms with Gasteiger partial charge in [-0.15, -0.1) is 23.7 Å². The van der Waals surface area contributed by atoms with Crippen LogP contribution in [0, 0.1) is 0 Å². The fourth-order valence-corrected chi connectivity index (χ4v) is 1.80. The molecule has 0 aliphatic carbocycles. The van der Waals surface area contributed by atoms with Crippen molar-refractivity contribution in [2.75, 3.05) is 7.05 Å². The second kappa shape index (κ2) is 6.56. The average molecular weight is 234 g/mol. The molecule has 1 heterocycles. The number of carbonyl (C=O) groups is 2. The summed E-state index contributed by atoms with van der Waals surface area (Å²) < 4.78 is 0. The van der Waals surface area contributed by atoms with Gasteiger partial charge in [0.25, 0.3) is 0 Å². The quantitative estimate of drug-likeness (QED) is 0.803. The van der Waals surface area contributed by atoms with Gasteiger partial charge in [-0.05, 0) is 11.4 Å². The maximum atomic E-state index is 11.0. The lowest BCUT2D eigenvalue weighted by atomic mass is 10.1. The van der Waals surface area contributed by atoms with Crippen LogP contribution in [0.1, 0.15) is 17.2 Å². The molecule has 0 aliphatic rings. The van der Waals surface area contributed by atoms with Gasteiger partial charge in [0.15, 0.2) is 0 Å². The van der Waals surface area contributed by atoms with E-state index in [1.54, 1.807) is 7.05 Å². The van der Waals surface area contributed by atoms with Crippen LogP contribution in [0.4, 0.5) is 0 Å². The van der Waals surface area contributed by atoms with Gasteiger partial charge < -0.3 is 10.1 Å². The Morgan fingerprint density at radius 3 is 2.86 bits per heavy atom. The Balaban J connectivity index is 0.00000169. The van der Waals surface area contributed by atoms with Crippen molar-refractivity contribution in [1.82, 2.24) is 5.32 Å². The van der Waals surface area contributed by atoms with E-state index in [9.17, 15) is 9.59 Å². The zero-order valence-electron chi connectivity index (χ0n) is 7.73. The van der Waals surface area contributed by atoms with Gasteiger partial charge in [0.2, 0.25) is 5.91 Å². The molecule has 1 amide bonds. The van der Waals surface area contributed by atoms with Crippen LogP contribution in [-0.4, -0.2) is 19.2 Å². The number of rotatable bonds is 4. The molecule has 0 bridgehead atoms. The van der Waals surface area contributed by atoms with E-state index < -0.39 is 0 Å². The first-order valence-corrected chi connectivity index (χ1v) is 4.85. The smallest absolute Gasteiger partial charge is 0.220 e.